The van der Waals surface area contributed by atoms with Gasteiger partial charge in [0.05, 0.1) is 6.04 Å². The van der Waals surface area contributed by atoms with Gasteiger partial charge in [-0.3, -0.25) is 4.79 Å². The van der Waals surface area contributed by atoms with Crippen LogP contribution < -0.4 is 11.1 Å². The summed E-state index contributed by atoms with van der Waals surface area (Å²) in [7, 11) is 0. The molecular formula is C12H25N3O. The third-order valence-electron chi connectivity index (χ3n) is 3.23. The second-order valence-corrected chi connectivity index (χ2v) is 4.89. The third kappa shape index (κ3) is 4.49. The number of likely N-dealkylation sites (tertiary alicyclic amines) is 1. The van der Waals surface area contributed by atoms with E-state index in [1.807, 2.05) is 0 Å². The summed E-state index contributed by atoms with van der Waals surface area (Å²) < 4.78 is 0. The molecule has 3 N–H and O–H groups in total. The minimum Gasteiger partial charge on any atom is -0.368 e. The lowest BCUT2D eigenvalue weighted by Gasteiger charge is -2.20. The van der Waals surface area contributed by atoms with Gasteiger partial charge in [0, 0.05) is 13.1 Å². The molecular weight excluding hydrogens is 202 g/mol. The fraction of sp³-hybridized carbons (Fsp3) is 0.917. The van der Waals surface area contributed by atoms with Crippen molar-refractivity contribution in [3.05, 3.63) is 0 Å². The standard InChI is InChI=1S/C12H25N3O/c1-3-6-14-11(12(13)16)5-8-15-7-4-10(2)9-15/h10-11,14H,3-9H2,1-2H3,(H2,13,16). The van der Waals surface area contributed by atoms with Gasteiger partial charge in [-0.15, -0.1) is 0 Å². The van der Waals surface area contributed by atoms with Crippen molar-refractivity contribution in [1.29, 1.82) is 0 Å². The molecule has 1 aliphatic rings. The first kappa shape index (κ1) is 13.5. The molecule has 1 heterocycles. The van der Waals surface area contributed by atoms with Crippen LogP contribution in [0.4, 0.5) is 0 Å². The summed E-state index contributed by atoms with van der Waals surface area (Å²) in [5.74, 6) is 0.580. The highest BCUT2D eigenvalue weighted by molar-refractivity contribution is 5.79. The summed E-state index contributed by atoms with van der Waals surface area (Å²) in [5.41, 5.74) is 5.37. The summed E-state index contributed by atoms with van der Waals surface area (Å²) >= 11 is 0. The molecule has 0 spiro atoms. The van der Waals surface area contributed by atoms with Crippen LogP contribution in [0.2, 0.25) is 0 Å². The average Bonchev–Trinajstić information content (AvgIpc) is 2.64. The maximum Gasteiger partial charge on any atom is 0.234 e. The number of hydrogen-bond donors (Lipinski definition) is 2. The summed E-state index contributed by atoms with van der Waals surface area (Å²) in [4.78, 5) is 13.6. The van der Waals surface area contributed by atoms with Gasteiger partial charge >= 0.3 is 0 Å². The van der Waals surface area contributed by atoms with Gasteiger partial charge in [-0.2, -0.15) is 0 Å². The van der Waals surface area contributed by atoms with Crippen molar-refractivity contribution in [2.45, 2.75) is 39.2 Å². The van der Waals surface area contributed by atoms with Crippen LogP contribution in [0, 0.1) is 5.92 Å². The van der Waals surface area contributed by atoms with Crippen molar-refractivity contribution in [1.82, 2.24) is 10.2 Å². The number of nitrogens with zero attached hydrogens (tertiary/aromatic N) is 1. The lowest BCUT2D eigenvalue weighted by atomic mass is 10.1. The second-order valence-electron chi connectivity index (χ2n) is 4.89. The molecule has 0 aromatic heterocycles. The van der Waals surface area contributed by atoms with Crippen LogP contribution in [-0.2, 0) is 4.79 Å². The monoisotopic (exact) mass is 227 g/mol. The van der Waals surface area contributed by atoms with Crippen molar-refractivity contribution in [2.24, 2.45) is 11.7 Å². The van der Waals surface area contributed by atoms with Crippen molar-refractivity contribution in [3.8, 4) is 0 Å². The SMILES string of the molecule is CCCNC(CCN1CCC(C)C1)C(N)=O. The summed E-state index contributed by atoms with van der Waals surface area (Å²) in [6.07, 6.45) is 3.15. The number of rotatable bonds is 7. The van der Waals surface area contributed by atoms with Crippen LogP contribution in [0.15, 0.2) is 0 Å². The van der Waals surface area contributed by atoms with Gasteiger partial charge in [-0.05, 0) is 38.3 Å². The lowest BCUT2D eigenvalue weighted by Crippen LogP contribution is -2.43. The molecule has 0 aliphatic carbocycles. The number of amides is 1. The number of carbonyl (C=O) groups excluding carboxylic acids is 1. The molecule has 2 atom stereocenters. The Hall–Kier alpha value is -0.610. The first-order valence-corrected chi connectivity index (χ1v) is 6.38. The van der Waals surface area contributed by atoms with E-state index in [-0.39, 0.29) is 11.9 Å². The van der Waals surface area contributed by atoms with Crippen LogP contribution in [0.1, 0.15) is 33.1 Å². The number of nitrogens with one attached hydrogen (secondary N) is 1. The number of nitrogens with two attached hydrogens (primary N) is 1. The Bertz CT molecular complexity index is 220. The van der Waals surface area contributed by atoms with Crippen LogP contribution in [-0.4, -0.2) is 43.0 Å². The maximum atomic E-state index is 11.2. The van der Waals surface area contributed by atoms with Gasteiger partial charge in [0.25, 0.3) is 0 Å². The normalized spacial score (nSPS) is 23.5. The molecule has 1 saturated heterocycles. The van der Waals surface area contributed by atoms with Crippen molar-refractivity contribution >= 4 is 5.91 Å². The Kier molecular flexibility index (Phi) is 5.77. The summed E-state index contributed by atoms with van der Waals surface area (Å²) in [5, 5.41) is 3.20. The number of primary amides is 1. The zero-order chi connectivity index (χ0) is 12.0. The van der Waals surface area contributed by atoms with Crippen LogP contribution in [0.25, 0.3) is 0 Å². The van der Waals surface area contributed by atoms with Gasteiger partial charge < -0.3 is 16.0 Å². The predicted molar refractivity (Wildman–Crippen MR) is 66.1 cm³/mol. The first-order valence-electron chi connectivity index (χ1n) is 6.38. The van der Waals surface area contributed by atoms with E-state index in [0.29, 0.717) is 0 Å². The molecule has 0 aromatic rings. The highest BCUT2D eigenvalue weighted by Gasteiger charge is 2.21. The molecule has 16 heavy (non-hydrogen) atoms. The Labute approximate surface area is 98.6 Å². The van der Waals surface area contributed by atoms with E-state index in [0.717, 1.165) is 31.8 Å². The molecule has 1 rings (SSSR count). The maximum absolute atomic E-state index is 11.2. The Morgan fingerprint density at radius 2 is 2.38 bits per heavy atom. The van der Waals surface area contributed by atoms with Gasteiger partial charge in [0.15, 0.2) is 0 Å². The van der Waals surface area contributed by atoms with E-state index in [2.05, 4.69) is 24.1 Å². The highest BCUT2D eigenvalue weighted by Crippen LogP contribution is 2.15. The average molecular weight is 227 g/mol. The van der Waals surface area contributed by atoms with E-state index in [1.165, 1.54) is 19.5 Å². The Morgan fingerprint density at radius 1 is 1.62 bits per heavy atom. The predicted octanol–water partition coefficient (Wildman–Crippen LogP) is 0.572. The molecule has 0 saturated carbocycles. The molecule has 0 aromatic carbocycles. The van der Waals surface area contributed by atoms with Crippen molar-refractivity contribution in [3.63, 3.8) is 0 Å². The van der Waals surface area contributed by atoms with E-state index >= 15 is 0 Å². The third-order valence-corrected chi connectivity index (χ3v) is 3.23. The Morgan fingerprint density at radius 3 is 2.88 bits per heavy atom. The quantitative estimate of drug-likeness (QED) is 0.668. The zero-order valence-corrected chi connectivity index (χ0v) is 10.5. The van der Waals surface area contributed by atoms with Crippen LogP contribution >= 0.6 is 0 Å². The Balaban J connectivity index is 2.23. The number of carbonyl (C=O) groups is 1. The second kappa shape index (κ2) is 6.86. The summed E-state index contributed by atoms with van der Waals surface area (Å²) in [6, 6.07) is -0.157. The van der Waals surface area contributed by atoms with Gasteiger partial charge in [-0.1, -0.05) is 13.8 Å². The molecule has 0 radical (unpaired) electrons. The van der Waals surface area contributed by atoms with E-state index in [4.69, 9.17) is 5.73 Å². The van der Waals surface area contributed by atoms with Gasteiger partial charge in [-0.25, -0.2) is 0 Å². The molecule has 4 heteroatoms. The molecule has 1 aliphatic heterocycles. The zero-order valence-electron chi connectivity index (χ0n) is 10.5. The van der Waals surface area contributed by atoms with Crippen LogP contribution in [0.3, 0.4) is 0 Å². The smallest absolute Gasteiger partial charge is 0.234 e. The highest BCUT2D eigenvalue weighted by atomic mass is 16.1. The fourth-order valence-electron chi connectivity index (χ4n) is 2.20. The van der Waals surface area contributed by atoms with E-state index < -0.39 is 0 Å². The van der Waals surface area contributed by atoms with Crippen molar-refractivity contribution < 1.29 is 4.79 Å². The minimum atomic E-state index is -0.222. The minimum absolute atomic E-state index is 0.157. The molecule has 94 valence electrons. The van der Waals surface area contributed by atoms with E-state index in [9.17, 15) is 4.79 Å². The van der Waals surface area contributed by atoms with Gasteiger partial charge in [0.2, 0.25) is 5.91 Å². The van der Waals surface area contributed by atoms with Gasteiger partial charge in [0.1, 0.15) is 0 Å². The fourth-order valence-corrected chi connectivity index (χ4v) is 2.20. The molecule has 4 nitrogen and oxygen atoms in total. The van der Waals surface area contributed by atoms with E-state index in [1.54, 1.807) is 0 Å². The first-order chi connectivity index (χ1) is 7.63. The molecule has 0 bridgehead atoms. The number of hydrogen-bond acceptors (Lipinski definition) is 3. The van der Waals surface area contributed by atoms with Crippen molar-refractivity contribution in [2.75, 3.05) is 26.2 Å². The molecule has 1 amide bonds. The summed E-state index contributed by atoms with van der Waals surface area (Å²) in [6.45, 7) is 8.55. The van der Waals surface area contributed by atoms with Crippen LogP contribution in [0.5, 0.6) is 0 Å². The molecule has 2 unspecified atom stereocenters. The lowest BCUT2D eigenvalue weighted by molar-refractivity contribution is -0.120. The molecule has 1 fully saturated rings. The largest absolute Gasteiger partial charge is 0.368 e. The topological polar surface area (TPSA) is 58.4 Å².